The quantitative estimate of drug-likeness (QED) is 0.212. The average molecular weight is 420 g/mol. The molecule has 2 aromatic rings. The van der Waals surface area contributed by atoms with E-state index in [0.29, 0.717) is 20.9 Å². The maximum absolute atomic E-state index is 11.4. The van der Waals surface area contributed by atoms with Gasteiger partial charge in [0.25, 0.3) is 0 Å². The van der Waals surface area contributed by atoms with Crippen molar-refractivity contribution in [3.05, 3.63) is 59.7 Å². The van der Waals surface area contributed by atoms with Gasteiger partial charge in [-0.15, -0.1) is 0 Å². The Morgan fingerprint density at radius 3 is 1.77 bits per heavy atom. The second-order valence-corrected chi connectivity index (χ2v) is 7.24. The molecule has 7 N–H and O–H groups in total. The number of phenols is 2. The molecule has 0 aliphatic rings. The molecule has 0 aliphatic carbocycles. The van der Waals surface area contributed by atoms with Gasteiger partial charge in [0.15, 0.2) is 19.1 Å². The SMILES string of the molecule is O=C(O)C[NH+](Cc1ccccc1O)CC(CO)[NH+](CC(=O)O)Cc1ccccc1O. The first-order valence-electron chi connectivity index (χ1n) is 9.56. The summed E-state index contributed by atoms with van der Waals surface area (Å²) in [7, 11) is 0. The van der Waals surface area contributed by atoms with E-state index in [9.17, 15) is 35.1 Å². The third-order valence-electron chi connectivity index (χ3n) is 4.95. The fraction of sp³-hybridized carbons (Fsp3) is 0.333. The highest BCUT2D eigenvalue weighted by molar-refractivity contribution is 5.68. The molecule has 3 unspecified atom stereocenters. The molecule has 162 valence electrons. The summed E-state index contributed by atoms with van der Waals surface area (Å²) in [5.74, 6) is -2.04. The minimum atomic E-state index is -1.07. The summed E-state index contributed by atoms with van der Waals surface area (Å²) in [5.41, 5.74) is 1.10. The molecule has 0 aromatic heterocycles. The first kappa shape index (κ1) is 23.1. The van der Waals surface area contributed by atoms with Crippen LogP contribution in [0.15, 0.2) is 48.5 Å². The smallest absolute Gasteiger partial charge is 0.359 e. The number of rotatable bonds is 12. The van der Waals surface area contributed by atoms with Crippen LogP contribution in [0.25, 0.3) is 0 Å². The Hall–Kier alpha value is -3.14. The fourth-order valence-electron chi connectivity index (χ4n) is 3.49. The lowest BCUT2D eigenvalue weighted by Crippen LogP contribution is -3.23. The number of benzene rings is 2. The molecule has 30 heavy (non-hydrogen) atoms. The molecule has 9 heteroatoms. The van der Waals surface area contributed by atoms with Gasteiger partial charge in [0, 0.05) is 11.1 Å². The molecule has 2 aromatic carbocycles. The highest BCUT2D eigenvalue weighted by atomic mass is 16.4. The highest BCUT2D eigenvalue weighted by Crippen LogP contribution is 2.14. The third-order valence-corrected chi connectivity index (χ3v) is 4.95. The van der Waals surface area contributed by atoms with E-state index in [4.69, 9.17) is 0 Å². The van der Waals surface area contributed by atoms with Crippen molar-refractivity contribution in [2.24, 2.45) is 0 Å². The number of carboxylic acids is 2. The molecular formula is C21H28N2O7+2. The number of phenolic OH excluding ortho intramolecular Hbond substituents is 2. The summed E-state index contributed by atoms with van der Waals surface area (Å²) in [5, 5.41) is 48.7. The highest BCUT2D eigenvalue weighted by Gasteiger charge is 2.30. The molecule has 0 aliphatic heterocycles. The molecule has 0 amide bonds. The van der Waals surface area contributed by atoms with Gasteiger partial charge in [0.1, 0.15) is 37.7 Å². The second-order valence-electron chi connectivity index (χ2n) is 7.24. The predicted molar refractivity (Wildman–Crippen MR) is 106 cm³/mol. The molecule has 3 atom stereocenters. The molecule has 0 spiro atoms. The zero-order valence-corrected chi connectivity index (χ0v) is 16.5. The number of aliphatic hydroxyl groups is 1. The summed E-state index contributed by atoms with van der Waals surface area (Å²) in [4.78, 5) is 23.8. The third kappa shape index (κ3) is 7.03. The average Bonchev–Trinajstić information content (AvgIpc) is 2.68. The molecule has 0 saturated heterocycles. The maximum Gasteiger partial charge on any atom is 0.359 e. The van der Waals surface area contributed by atoms with Gasteiger partial charge in [-0.2, -0.15) is 0 Å². The largest absolute Gasteiger partial charge is 0.507 e. The number of quaternary nitrogens is 2. The van der Waals surface area contributed by atoms with Gasteiger partial charge < -0.3 is 35.3 Å². The fourth-order valence-corrected chi connectivity index (χ4v) is 3.49. The lowest BCUT2D eigenvalue weighted by molar-refractivity contribution is -0.983. The van der Waals surface area contributed by atoms with Crippen molar-refractivity contribution in [1.29, 1.82) is 0 Å². The predicted octanol–water partition coefficient (Wildman–Crippen LogP) is -1.90. The zero-order valence-electron chi connectivity index (χ0n) is 16.5. The van der Waals surface area contributed by atoms with Crippen LogP contribution in [0, 0.1) is 0 Å². The van der Waals surface area contributed by atoms with E-state index in [1.807, 2.05) is 0 Å². The van der Waals surface area contributed by atoms with Crippen molar-refractivity contribution < 1.29 is 44.9 Å². The number of carbonyl (C=O) groups is 2. The van der Waals surface area contributed by atoms with Gasteiger partial charge >= 0.3 is 11.9 Å². The summed E-state index contributed by atoms with van der Waals surface area (Å²) in [6.07, 6.45) is 0. The summed E-state index contributed by atoms with van der Waals surface area (Å²) in [6.45, 7) is -0.417. The number of para-hydroxylation sites is 2. The van der Waals surface area contributed by atoms with Gasteiger partial charge in [0.2, 0.25) is 0 Å². The van der Waals surface area contributed by atoms with E-state index in [1.165, 1.54) is 12.1 Å². The minimum absolute atomic E-state index is 0.0287. The van der Waals surface area contributed by atoms with Crippen LogP contribution >= 0.6 is 0 Å². The van der Waals surface area contributed by atoms with E-state index < -0.39 is 18.0 Å². The van der Waals surface area contributed by atoms with Crippen molar-refractivity contribution in [2.75, 3.05) is 26.2 Å². The van der Waals surface area contributed by atoms with Crippen LogP contribution in [0.1, 0.15) is 11.1 Å². The standard InChI is InChI=1S/C21H26N2O7/c24-14-17(23(13-21(29)30)10-16-6-2-4-8-19(16)26)11-22(12-20(27)28)9-15-5-1-3-7-18(15)25/h1-8,17,24-26H,9-14H2,(H,27,28)(H,29,30)/p+2. The number of hydrogen-bond donors (Lipinski definition) is 7. The van der Waals surface area contributed by atoms with Gasteiger partial charge in [0.05, 0.1) is 0 Å². The van der Waals surface area contributed by atoms with Crippen molar-refractivity contribution >= 4 is 11.9 Å². The Balaban J connectivity index is 2.23. The Bertz CT molecular complexity index is 859. The Morgan fingerprint density at radius 1 is 0.800 bits per heavy atom. The van der Waals surface area contributed by atoms with Gasteiger partial charge in [-0.1, -0.05) is 24.3 Å². The lowest BCUT2D eigenvalue weighted by atomic mass is 10.1. The summed E-state index contributed by atoms with van der Waals surface area (Å²) in [6, 6.07) is 12.6. The maximum atomic E-state index is 11.4. The number of aromatic hydroxyl groups is 2. The molecular weight excluding hydrogens is 392 g/mol. The van der Waals surface area contributed by atoms with E-state index >= 15 is 0 Å². The van der Waals surface area contributed by atoms with Crippen LogP contribution in [0.4, 0.5) is 0 Å². The Kier molecular flexibility index (Phi) is 8.60. The van der Waals surface area contributed by atoms with Crippen LogP contribution in [-0.2, 0) is 22.7 Å². The molecule has 0 radical (unpaired) electrons. The van der Waals surface area contributed by atoms with Crippen molar-refractivity contribution in [2.45, 2.75) is 19.1 Å². The topological polar surface area (TPSA) is 144 Å². The van der Waals surface area contributed by atoms with Crippen molar-refractivity contribution in [1.82, 2.24) is 0 Å². The number of aliphatic hydroxyl groups excluding tert-OH is 1. The Labute approximate surface area is 174 Å². The number of hydrogen-bond acceptors (Lipinski definition) is 5. The first-order valence-corrected chi connectivity index (χ1v) is 9.56. The van der Waals surface area contributed by atoms with E-state index in [1.54, 1.807) is 36.4 Å². The van der Waals surface area contributed by atoms with Gasteiger partial charge in [-0.25, -0.2) is 9.59 Å². The molecule has 0 bridgehead atoms. The molecule has 0 heterocycles. The van der Waals surface area contributed by atoms with Crippen LogP contribution in [0.5, 0.6) is 11.5 Å². The molecule has 0 fully saturated rings. The number of carboxylic acid groups (broad SMARTS) is 2. The van der Waals surface area contributed by atoms with Crippen LogP contribution in [0.2, 0.25) is 0 Å². The van der Waals surface area contributed by atoms with E-state index in [-0.39, 0.29) is 50.8 Å². The zero-order chi connectivity index (χ0) is 22.1. The van der Waals surface area contributed by atoms with Crippen LogP contribution in [-0.4, -0.2) is 69.8 Å². The van der Waals surface area contributed by atoms with Crippen molar-refractivity contribution in [3.8, 4) is 11.5 Å². The normalized spacial score (nSPS) is 14.0. The van der Waals surface area contributed by atoms with E-state index in [2.05, 4.69) is 0 Å². The minimum Gasteiger partial charge on any atom is -0.507 e. The summed E-state index contributed by atoms with van der Waals surface area (Å²) >= 11 is 0. The Morgan fingerprint density at radius 2 is 1.30 bits per heavy atom. The van der Waals surface area contributed by atoms with Crippen molar-refractivity contribution in [3.63, 3.8) is 0 Å². The van der Waals surface area contributed by atoms with Gasteiger partial charge in [-0.05, 0) is 24.3 Å². The van der Waals surface area contributed by atoms with E-state index in [0.717, 1.165) is 0 Å². The molecule has 0 saturated carbocycles. The summed E-state index contributed by atoms with van der Waals surface area (Å²) < 4.78 is 0. The molecule has 2 rings (SSSR count). The van der Waals surface area contributed by atoms with Gasteiger partial charge in [-0.3, -0.25) is 0 Å². The number of nitrogens with one attached hydrogen (secondary N) is 2. The first-order chi connectivity index (χ1) is 14.3. The van der Waals surface area contributed by atoms with Crippen LogP contribution in [0.3, 0.4) is 0 Å². The number of aliphatic carboxylic acids is 2. The van der Waals surface area contributed by atoms with Crippen LogP contribution < -0.4 is 9.80 Å². The monoisotopic (exact) mass is 420 g/mol. The second kappa shape index (κ2) is 11.1. The lowest BCUT2D eigenvalue weighted by Gasteiger charge is -2.29. The molecule has 9 nitrogen and oxygen atoms in total.